The first kappa shape index (κ1) is 23.9. The molecule has 3 N–H and O–H groups in total. The van der Waals surface area contributed by atoms with Crippen LogP contribution in [0.2, 0.25) is 0 Å². The van der Waals surface area contributed by atoms with Crippen LogP contribution in [0.4, 0.5) is 24.8 Å². The summed E-state index contributed by atoms with van der Waals surface area (Å²) in [4.78, 5) is 13.2. The molecule has 0 fully saturated rings. The van der Waals surface area contributed by atoms with Gasteiger partial charge in [0, 0.05) is 23.1 Å². The zero-order chi connectivity index (χ0) is 23.8. The van der Waals surface area contributed by atoms with Crippen LogP contribution in [-0.4, -0.2) is 27.4 Å². The largest absolute Gasteiger partial charge is 0.573 e. The number of nitrogens with one attached hydrogen (secondary N) is 3. The molecule has 2 aromatic carbocycles. The Morgan fingerprint density at radius 1 is 0.970 bits per heavy atom. The van der Waals surface area contributed by atoms with Gasteiger partial charge in [-0.05, 0) is 49.8 Å². The van der Waals surface area contributed by atoms with E-state index in [9.17, 15) is 13.2 Å². The molecule has 0 aliphatic heterocycles. The molecule has 0 spiro atoms. The maximum atomic E-state index is 12.5. The molecule has 0 saturated carbocycles. The number of alkyl halides is 3. The Labute approximate surface area is 194 Å². The Bertz CT molecular complexity index is 1120. The summed E-state index contributed by atoms with van der Waals surface area (Å²) in [5.74, 6) is 0.231. The molecule has 7 nitrogen and oxygen atoms in total. The van der Waals surface area contributed by atoms with Crippen molar-refractivity contribution in [1.29, 1.82) is 0 Å². The van der Waals surface area contributed by atoms with Crippen molar-refractivity contribution >= 4 is 34.9 Å². The number of anilines is 2. The molecular formula is C22H21F3N6OS. The number of thiocarbonyl (C=S) groups is 1. The highest BCUT2D eigenvalue weighted by atomic mass is 32.1. The molecule has 0 saturated heterocycles. The number of benzene rings is 2. The second kappa shape index (κ2) is 10.7. The van der Waals surface area contributed by atoms with Crippen molar-refractivity contribution in [2.24, 2.45) is 4.99 Å². The van der Waals surface area contributed by atoms with Gasteiger partial charge in [0.1, 0.15) is 5.75 Å². The minimum atomic E-state index is -4.79. The highest BCUT2D eigenvalue weighted by Gasteiger charge is 2.31. The van der Waals surface area contributed by atoms with Crippen molar-refractivity contribution in [2.45, 2.75) is 26.8 Å². The van der Waals surface area contributed by atoms with Crippen LogP contribution < -0.4 is 20.7 Å². The van der Waals surface area contributed by atoms with Crippen molar-refractivity contribution in [3.05, 3.63) is 77.6 Å². The average Bonchev–Trinajstić information content (AvgIpc) is 2.71. The van der Waals surface area contributed by atoms with Gasteiger partial charge in [0.25, 0.3) is 0 Å². The van der Waals surface area contributed by atoms with E-state index in [1.54, 1.807) is 6.07 Å². The number of halogens is 3. The lowest BCUT2D eigenvalue weighted by atomic mass is 10.2. The first-order chi connectivity index (χ1) is 15.7. The number of ether oxygens (including phenoxy) is 1. The molecule has 0 atom stereocenters. The Morgan fingerprint density at radius 3 is 2.33 bits per heavy atom. The predicted octanol–water partition coefficient (Wildman–Crippen LogP) is 4.95. The molecule has 11 heteroatoms. The number of guanidine groups is 1. The third-order valence-corrected chi connectivity index (χ3v) is 4.24. The number of aryl methyl sites for hydroxylation is 2. The van der Waals surface area contributed by atoms with E-state index in [0.29, 0.717) is 18.2 Å². The van der Waals surface area contributed by atoms with Crippen LogP contribution >= 0.6 is 12.2 Å². The standard InChI is InChI=1S/C22H21F3N6OS/c1-14-11-15(2)28-20(27-14)30-19(26-13-16-7-4-3-5-8-16)31-21(33)29-17-9-6-10-18(12-17)32-22(23,24)25/h3-12H,13H2,1-2H3,(H3,26,27,28,29,30,31,33). The summed E-state index contributed by atoms with van der Waals surface area (Å²) < 4.78 is 41.4. The fourth-order valence-corrected chi connectivity index (χ4v) is 3.01. The topological polar surface area (TPSA) is 83.5 Å². The number of hydrogen-bond donors (Lipinski definition) is 3. The van der Waals surface area contributed by atoms with E-state index in [0.717, 1.165) is 17.0 Å². The van der Waals surface area contributed by atoms with E-state index in [-0.39, 0.29) is 16.8 Å². The molecule has 0 amide bonds. The number of aromatic nitrogens is 2. The van der Waals surface area contributed by atoms with Gasteiger partial charge < -0.3 is 15.4 Å². The zero-order valence-electron chi connectivity index (χ0n) is 17.8. The number of hydrogen-bond acceptors (Lipinski definition) is 5. The van der Waals surface area contributed by atoms with Gasteiger partial charge in [-0.3, -0.25) is 5.32 Å². The van der Waals surface area contributed by atoms with E-state index in [1.165, 1.54) is 18.2 Å². The van der Waals surface area contributed by atoms with Crippen LogP contribution in [0.3, 0.4) is 0 Å². The van der Waals surface area contributed by atoms with Gasteiger partial charge in [0.15, 0.2) is 5.11 Å². The lowest BCUT2D eigenvalue weighted by Gasteiger charge is -2.15. The molecule has 172 valence electrons. The lowest BCUT2D eigenvalue weighted by molar-refractivity contribution is -0.274. The number of aliphatic imine (C=N–C) groups is 1. The first-order valence-electron chi connectivity index (χ1n) is 9.78. The third kappa shape index (κ3) is 8.37. The second-order valence-electron chi connectivity index (χ2n) is 6.90. The van der Waals surface area contributed by atoms with Gasteiger partial charge >= 0.3 is 6.36 Å². The van der Waals surface area contributed by atoms with E-state index >= 15 is 0 Å². The molecule has 1 heterocycles. The van der Waals surface area contributed by atoms with Crippen molar-refractivity contribution in [3.63, 3.8) is 0 Å². The monoisotopic (exact) mass is 474 g/mol. The van der Waals surface area contributed by atoms with Crippen LogP contribution in [0.15, 0.2) is 65.7 Å². The summed E-state index contributed by atoms with van der Waals surface area (Å²) >= 11 is 5.32. The van der Waals surface area contributed by atoms with Gasteiger partial charge in [-0.25, -0.2) is 15.0 Å². The molecule has 0 aliphatic carbocycles. The SMILES string of the molecule is Cc1cc(C)nc(NC(=NCc2ccccc2)NC(=S)Nc2cccc(OC(F)(F)F)c2)n1. The van der Waals surface area contributed by atoms with Crippen LogP contribution in [0, 0.1) is 13.8 Å². The zero-order valence-corrected chi connectivity index (χ0v) is 18.6. The van der Waals surface area contributed by atoms with E-state index < -0.39 is 6.36 Å². The van der Waals surface area contributed by atoms with Crippen molar-refractivity contribution in [2.75, 3.05) is 10.6 Å². The second-order valence-corrected chi connectivity index (χ2v) is 7.31. The van der Waals surface area contributed by atoms with Crippen LogP contribution in [0.5, 0.6) is 5.75 Å². The first-order valence-corrected chi connectivity index (χ1v) is 10.2. The number of rotatable bonds is 5. The maximum Gasteiger partial charge on any atom is 0.573 e. The normalized spacial score (nSPS) is 11.6. The smallest absolute Gasteiger partial charge is 0.406 e. The Balaban J connectivity index is 1.74. The summed E-state index contributed by atoms with van der Waals surface area (Å²) in [6.07, 6.45) is -4.79. The summed E-state index contributed by atoms with van der Waals surface area (Å²) in [6, 6.07) is 16.8. The fraction of sp³-hybridized carbons (Fsp3) is 0.182. The Kier molecular flexibility index (Phi) is 7.78. The van der Waals surface area contributed by atoms with E-state index in [4.69, 9.17) is 12.2 Å². The van der Waals surface area contributed by atoms with Gasteiger partial charge in [-0.2, -0.15) is 0 Å². The van der Waals surface area contributed by atoms with Crippen LogP contribution in [0.1, 0.15) is 17.0 Å². The summed E-state index contributed by atoms with van der Waals surface area (Å²) in [7, 11) is 0. The van der Waals surface area contributed by atoms with E-state index in [2.05, 4.69) is 35.6 Å². The summed E-state index contributed by atoms with van der Waals surface area (Å²) in [5.41, 5.74) is 2.82. The fourth-order valence-electron chi connectivity index (χ4n) is 2.79. The Hall–Kier alpha value is -3.73. The van der Waals surface area contributed by atoms with Gasteiger partial charge in [-0.1, -0.05) is 36.4 Å². The minimum absolute atomic E-state index is 0.0999. The van der Waals surface area contributed by atoms with Crippen molar-refractivity contribution in [3.8, 4) is 5.75 Å². The molecule has 3 rings (SSSR count). The molecule has 0 aliphatic rings. The van der Waals surface area contributed by atoms with Crippen molar-refractivity contribution < 1.29 is 17.9 Å². The van der Waals surface area contributed by atoms with Gasteiger partial charge in [-0.15, -0.1) is 13.2 Å². The summed E-state index contributed by atoms with van der Waals surface area (Å²) in [5, 5.41) is 8.83. The predicted molar refractivity (Wildman–Crippen MR) is 125 cm³/mol. The average molecular weight is 475 g/mol. The number of nitrogens with zero attached hydrogens (tertiary/aromatic N) is 3. The summed E-state index contributed by atoms with van der Waals surface area (Å²) in [6.45, 7) is 4.03. The molecule has 0 bridgehead atoms. The quantitative estimate of drug-likeness (QED) is 0.274. The minimum Gasteiger partial charge on any atom is -0.406 e. The molecule has 3 aromatic rings. The maximum absolute atomic E-state index is 12.5. The molecule has 1 aromatic heterocycles. The van der Waals surface area contributed by atoms with Crippen LogP contribution in [-0.2, 0) is 6.54 Å². The highest BCUT2D eigenvalue weighted by Crippen LogP contribution is 2.25. The molecule has 0 unspecified atom stereocenters. The molecular weight excluding hydrogens is 453 g/mol. The highest BCUT2D eigenvalue weighted by molar-refractivity contribution is 7.80. The lowest BCUT2D eigenvalue weighted by Crippen LogP contribution is -2.39. The third-order valence-electron chi connectivity index (χ3n) is 4.03. The van der Waals surface area contributed by atoms with Gasteiger partial charge in [0.2, 0.25) is 11.9 Å². The van der Waals surface area contributed by atoms with Gasteiger partial charge in [0.05, 0.1) is 6.54 Å². The van der Waals surface area contributed by atoms with Crippen LogP contribution in [0.25, 0.3) is 0 Å². The Morgan fingerprint density at radius 2 is 1.67 bits per heavy atom. The molecule has 0 radical (unpaired) electrons. The molecule has 33 heavy (non-hydrogen) atoms. The van der Waals surface area contributed by atoms with Crippen molar-refractivity contribution in [1.82, 2.24) is 15.3 Å². The van der Waals surface area contributed by atoms with E-state index in [1.807, 2.05) is 50.2 Å².